The average Bonchev–Trinajstić information content (AvgIpc) is 3.00. The fourth-order valence-corrected chi connectivity index (χ4v) is 3.79. The molecule has 0 aliphatic heterocycles. The Morgan fingerprint density at radius 3 is 2.95 bits per heavy atom. The van der Waals surface area contributed by atoms with Crippen LogP contribution in [0.3, 0.4) is 0 Å². The SMILES string of the molecule is CC1CCC(CCNc2nc3sccn3c2[N+](=O)[O-])CC1. The molecular weight excluding hydrogens is 288 g/mol. The summed E-state index contributed by atoms with van der Waals surface area (Å²) in [5.41, 5.74) is 0. The molecule has 0 saturated heterocycles. The van der Waals surface area contributed by atoms with E-state index in [0.29, 0.717) is 10.8 Å². The lowest BCUT2D eigenvalue weighted by Crippen LogP contribution is -2.16. The van der Waals surface area contributed by atoms with Crippen molar-refractivity contribution in [1.29, 1.82) is 0 Å². The minimum atomic E-state index is -0.364. The largest absolute Gasteiger partial charge is 0.372 e. The lowest BCUT2D eigenvalue weighted by atomic mass is 9.81. The highest BCUT2D eigenvalue weighted by molar-refractivity contribution is 7.15. The summed E-state index contributed by atoms with van der Waals surface area (Å²) >= 11 is 1.41. The van der Waals surface area contributed by atoms with Crippen molar-refractivity contribution >= 4 is 27.9 Å². The molecule has 1 fully saturated rings. The van der Waals surface area contributed by atoms with E-state index in [2.05, 4.69) is 17.2 Å². The normalized spacial score (nSPS) is 22.5. The van der Waals surface area contributed by atoms with Gasteiger partial charge in [0.05, 0.1) is 0 Å². The lowest BCUT2D eigenvalue weighted by Gasteiger charge is -2.26. The maximum atomic E-state index is 11.2. The van der Waals surface area contributed by atoms with E-state index < -0.39 is 0 Å². The van der Waals surface area contributed by atoms with Gasteiger partial charge in [0.1, 0.15) is 6.20 Å². The summed E-state index contributed by atoms with van der Waals surface area (Å²) in [6, 6.07) is 0. The first-order chi connectivity index (χ1) is 10.1. The molecule has 0 aromatic carbocycles. The predicted molar refractivity (Wildman–Crippen MR) is 84.0 cm³/mol. The zero-order valence-electron chi connectivity index (χ0n) is 12.1. The Labute approximate surface area is 127 Å². The van der Waals surface area contributed by atoms with Crippen LogP contribution in [0.15, 0.2) is 11.6 Å². The maximum Gasteiger partial charge on any atom is 0.372 e. The Bertz CT molecular complexity index is 628. The van der Waals surface area contributed by atoms with E-state index in [0.717, 1.165) is 24.8 Å². The highest BCUT2D eigenvalue weighted by Gasteiger charge is 2.24. The van der Waals surface area contributed by atoms with Crippen LogP contribution >= 0.6 is 11.3 Å². The minimum absolute atomic E-state index is 0.0449. The molecule has 0 spiro atoms. The van der Waals surface area contributed by atoms with Crippen LogP contribution in [0, 0.1) is 22.0 Å². The molecule has 21 heavy (non-hydrogen) atoms. The monoisotopic (exact) mass is 308 g/mol. The first kappa shape index (κ1) is 14.3. The van der Waals surface area contributed by atoms with Crippen molar-refractivity contribution in [2.24, 2.45) is 11.8 Å². The van der Waals surface area contributed by atoms with Gasteiger partial charge in [0.15, 0.2) is 0 Å². The lowest BCUT2D eigenvalue weighted by molar-refractivity contribution is -0.389. The van der Waals surface area contributed by atoms with Gasteiger partial charge in [0.2, 0.25) is 5.82 Å². The highest BCUT2D eigenvalue weighted by Crippen LogP contribution is 2.31. The molecular formula is C14H20N4O2S. The van der Waals surface area contributed by atoms with Crippen molar-refractivity contribution in [1.82, 2.24) is 9.38 Å². The van der Waals surface area contributed by atoms with Gasteiger partial charge in [-0.05, 0) is 23.2 Å². The third-order valence-corrected chi connectivity index (χ3v) is 5.15. The molecule has 1 aliphatic rings. The van der Waals surface area contributed by atoms with Crippen LogP contribution in [0.2, 0.25) is 0 Å². The number of hydrogen-bond acceptors (Lipinski definition) is 5. The van der Waals surface area contributed by atoms with Crippen LogP contribution in [0.4, 0.5) is 11.6 Å². The number of nitrogens with zero attached hydrogens (tertiary/aromatic N) is 3. The fourth-order valence-electron chi connectivity index (χ4n) is 3.08. The van der Waals surface area contributed by atoms with E-state index in [-0.39, 0.29) is 10.7 Å². The Hall–Kier alpha value is -1.63. The Kier molecular flexibility index (Phi) is 4.10. The summed E-state index contributed by atoms with van der Waals surface area (Å²) in [7, 11) is 0. The van der Waals surface area contributed by atoms with Gasteiger partial charge in [-0.2, -0.15) is 9.38 Å². The van der Waals surface area contributed by atoms with Gasteiger partial charge in [-0.1, -0.05) is 43.9 Å². The van der Waals surface area contributed by atoms with Crippen LogP contribution in [-0.4, -0.2) is 20.9 Å². The van der Waals surface area contributed by atoms with E-state index in [1.54, 1.807) is 6.20 Å². The van der Waals surface area contributed by atoms with Gasteiger partial charge >= 0.3 is 5.82 Å². The van der Waals surface area contributed by atoms with Gasteiger partial charge < -0.3 is 15.4 Å². The summed E-state index contributed by atoms with van der Waals surface area (Å²) in [5.74, 6) is 2.05. The second-order valence-corrected chi connectivity index (χ2v) is 6.81. The highest BCUT2D eigenvalue weighted by atomic mass is 32.1. The van der Waals surface area contributed by atoms with E-state index in [9.17, 15) is 10.1 Å². The van der Waals surface area contributed by atoms with E-state index in [1.165, 1.54) is 41.4 Å². The molecule has 2 heterocycles. The van der Waals surface area contributed by atoms with Crippen molar-refractivity contribution in [3.8, 4) is 0 Å². The third-order valence-electron chi connectivity index (χ3n) is 4.39. The van der Waals surface area contributed by atoms with Crippen LogP contribution < -0.4 is 5.32 Å². The summed E-state index contributed by atoms with van der Waals surface area (Å²) in [6.07, 6.45) is 7.94. The Balaban J connectivity index is 1.61. The average molecular weight is 308 g/mol. The summed E-state index contributed by atoms with van der Waals surface area (Å²) < 4.78 is 1.54. The zero-order chi connectivity index (χ0) is 14.8. The fraction of sp³-hybridized carbons (Fsp3) is 0.643. The molecule has 0 unspecified atom stereocenters. The molecule has 0 amide bonds. The zero-order valence-corrected chi connectivity index (χ0v) is 12.9. The molecule has 114 valence electrons. The van der Waals surface area contributed by atoms with Gasteiger partial charge in [0.25, 0.3) is 4.96 Å². The van der Waals surface area contributed by atoms with E-state index >= 15 is 0 Å². The molecule has 0 atom stereocenters. The van der Waals surface area contributed by atoms with Crippen LogP contribution in [-0.2, 0) is 0 Å². The van der Waals surface area contributed by atoms with Crippen LogP contribution in [0.1, 0.15) is 39.0 Å². The topological polar surface area (TPSA) is 72.5 Å². The van der Waals surface area contributed by atoms with Crippen LogP contribution in [0.25, 0.3) is 4.96 Å². The number of aromatic nitrogens is 2. The quantitative estimate of drug-likeness (QED) is 0.671. The number of hydrogen-bond donors (Lipinski definition) is 1. The standard InChI is InChI=1S/C14H20N4O2S/c1-10-2-4-11(5-3-10)6-7-15-12-13(18(19)20)17-8-9-21-14(17)16-12/h8-11,15H,2-7H2,1H3. The molecule has 1 N–H and O–H groups in total. The summed E-state index contributed by atoms with van der Waals surface area (Å²) in [5, 5.41) is 16.2. The smallest absolute Gasteiger partial charge is 0.363 e. The van der Waals surface area contributed by atoms with Crippen molar-refractivity contribution in [3.63, 3.8) is 0 Å². The molecule has 1 saturated carbocycles. The third kappa shape index (κ3) is 3.02. The predicted octanol–water partition coefficient (Wildman–Crippen LogP) is 3.93. The molecule has 7 heteroatoms. The number of fused-ring (bicyclic) bond motifs is 1. The number of nitrogens with one attached hydrogen (secondary N) is 1. The van der Waals surface area contributed by atoms with E-state index in [4.69, 9.17) is 0 Å². The van der Waals surface area contributed by atoms with Crippen molar-refractivity contribution in [3.05, 3.63) is 21.7 Å². The molecule has 1 aliphatic carbocycles. The number of nitro groups is 1. The molecule has 2 aromatic heterocycles. The van der Waals surface area contributed by atoms with Crippen molar-refractivity contribution < 1.29 is 4.92 Å². The second-order valence-electron chi connectivity index (χ2n) is 5.94. The molecule has 6 nitrogen and oxygen atoms in total. The summed E-state index contributed by atoms with van der Waals surface area (Å²) in [6.45, 7) is 3.07. The number of rotatable bonds is 5. The summed E-state index contributed by atoms with van der Waals surface area (Å²) in [4.78, 5) is 15.8. The number of imidazole rings is 1. The van der Waals surface area contributed by atoms with Gasteiger partial charge in [-0.15, -0.1) is 0 Å². The molecule has 3 rings (SSSR count). The first-order valence-electron chi connectivity index (χ1n) is 7.49. The molecule has 2 aromatic rings. The van der Waals surface area contributed by atoms with Crippen molar-refractivity contribution in [2.45, 2.75) is 39.0 Å². The number of anilines is 1. The minimum Gasteiger partial charge on any atom is -0.363 e. The van der Waals surface area contributed by atoms with E-state index in [1.807, 2.05) is 5.38 Å². The Morgan fingerprint density at radius 1 is 1.48 bits per heavy atom. The van der Waals surface area contributed by atoms with Gasteiger partial charge in [-0.25, -0.2) is 0 Å². The Morgan fingerprint density at radius 2 is 2.24 bits per heavy atom. The molecule has 0 radical (unpaired) electrons. The van der Waals surface area contributed by atoms with Gasteiger partial charge in [-0.3, -0.25) is 0 Å². The second kappa shape index (κ2) is 6.01. The number of thiazole rings is 1. The molecule has 0 bridgehead atoms. The van der Waals surface area contributed by atoms with Crippen LogP contribution in [0.5, 0.6) is 0 Å². The first-order valence-corrected chi connectivity index (χ1v) is 8.37. The van der Waals surface area contributed by atoms with Gasteiger partial charge in [0, 0.05) is 11.9 Å². The van der Waals surface area contributed by atoms with Crippen molar-refractivity contribution in [2.75, 3.05) is 11.9 Å². The maximum absolute atomic E-state index is 11.2.